The molecule has 2 aromatic carbocycles. The fourth-order valence-electron chi connectivity index (χ4n) is 3.21. The Morgan fingerprint density at radius 1 is 1.21 bits per heavy atom. The number of hydrogen-bond donors (Lipinski definition) is 1. The van der Waals surface area contributed by atoms with E-state index in [-0.39, 0.29) is 12.2 Å². The van der Waals surface area contributed by atoms with Crippen LogP contribution in [0.3, 0.4) is 0 Å². The summed E-state index contributed by atoms with van der Waals surface area (Å²) >= 11 is 1.31. The van der Waals surface area contributed by atoms with E-state index in [1.54, 1.807) is 31.2 Å². The first-order valence-electron chi connectivity index (χ1n) is 8.72. The Hall–Kier alpha value is -3.06. The van der Waals surface area contributed by atoms with Gasteiger partial charge in [0, 0.05) is 16.9 Å². The van der Waals surface area contributed by atoms with Crippen LogP contribution < -0.4 is 5.32 Å². The lowest BCUT2D eigenvalue weighted by Crippen LogP contribution is -2.48. The van der Waals surface area contributed by atoms with Gasteiger partial charge in [0.25, 0.3) is 5.91 Å². The van der Waals surface area contributed by atoms with Crippen LogP contribution in [-0.4, -0.2) is 22.5 Å². The average molecular weight is 396 g/mol. The number of anilines is 1. The number of hydrogen-bond acceptors (Lipinski definition) is 5. The van der Waals surface area contributed by atoms with Gasteiger partial charge < -0.3 is 4.74 Å². The number of nitrogens with one attached hydrogen (secondary N) is 1. The Balaban J connectivity index is 1.57. The molecule has 2 heterocycles. The maximum absolute atomic E-state index is 13.1. The van der Waals surface area contributed by atoms with Gasteiger partial charge >= 0.3 is 5.97 Å². The highest BCUT2D eigenvalue weighted by molar-refractivity contribution is 7.16. The molecule has 1 N–H and O–H groups in total. The van der Waals surface area contributed by atoms with Crippen LogP contribution in [-0.2, 0) is 16.0 Å². The van der Waals surface area contributed by atoms with Gasteiger partial charge in [-0.05, 0) is 49.7 Å². The maximum Gasteiger partial charge on any atom is 0.339 e. The molecule has 7 heteroatoms. The van der Waals surface area contributed by atoms with E-state index < -0.39 is 17.5 Å². The molecule has 0 radical (unpaired) electrons. The molecule has 0 saturated carbocycles. The van der Waals surface area contributed by atoms with Crippen LogP contribution in [0, 0.1) is 12.7 Å². The van der Waals surface area contributed by atoms with E-state index in [1.165, 1.54) is 23.5 Å². The number of nitrogens with zero attached hydrogens (tertiary/aromatic N) is 1. The van der Waals surface area contributed by atoms with Crippen molar-refractivity contribution in [2.45, 2.75) is 25.9 Å². The van der Waals surface area contributed by atoms with Gasteiger partial charge in [0.05, 0.1) is 11.3 Å². The first-order chi connectivity index (χ1) is 13.4. The van der Waals surface area contributed by atoms with Crippen molar-refractivity contribution in [1.82, 2.24) is 4.98 Å². The normalized spacial score (nSPS) is 18.3. The van der Waals surface area contributed by atoms with Gasteiger partial charge in [0.2, 0.25) is 0 Å². The molecule has 5 nitrogen and oxygen atoms in total. The Morgan fingerprint density at radius 2 is 1.93 bits per heavy atom. The zero-order valence-corrected chi connectivity index (χ0v) is 16.1. The number of benzene rings is 2. The number of fused-ring (bicyclic) bond motifs is 1. The fourth-order valence-corrected chi connectivity index (χ4v) is 4.04. The fraction of sp³-hybridized carbons (Fsp3) is 0.190. The second kappa shape index (κ2) is 6.83. The van der Waals surface area contributed by atoms with Crippen LogP contribution in [0.1, 0.15) is 27.7 Å². The number of carbonyl (C=O) groups excluding carboxylic acids is 2. The largest absolute Gasteiger partial charge is 0.445 e. The lowest BCUT2D eigenvalue weighted by Gasteiger charge is -2.32. The van der Waals surface area contributed by atoms with Crippen molar-refractivity contribution in [3.63, 3.8) is 0 Å². The summed E-state index contributed by atoms with van der Waals surface area (Å²) in [5.41, 5.74) is 1.38. The molecule has 1 aliphatic rings. The number of ether oxygens (including phenoxy) is 1. The highest BCUT2D eigenvalue weighted by Gasteiger charge is 2.43. The summed E-state index contributed by atoms with van der Waals surface area (Å²) in [5, 5.41) is 3.16. The highest BCUT2D eigenvalue weighted by Crippen LogP contribution is 2.33. The Labute approximate surface area is 165 Å². The second-order valence-corrected chi connectivity index (χ2v) is 8.04. The van der Waals surface area contributed by atoms with E-state index in [0.717, 1.165) is 16.0 Å². The van der Waals surface area contributed by atoms with Crippen LogP contribution in [0.5, 0.6) is 0 Å². The second-order valence-electron chi connectivity index (χ2n) is 6.84. The van der Waals surface area contributed by atoms with Crippen LogP contribution in [0.25, 0.3) is 11.3 Å². The minimum absolute atomic E-state index is 0.288. The molecule has 0 fully saturated rings. The van der Waals surface area contributed by atoms with Gasteiger partial charge in [-0.15, -0.1) is 11.3 Å². The topological polar surface area (TPSA) is 68.3 Å². The molecule has 1 atom stereocenters. The molecule has 0 saturated heterocycles. The summed E-state index contributed by atoms with van der Waals surface area (Å²) in [6.45, 7) is 3.47. The van der Waals surface area contributed by atoms with Gasteiger partial charge in [0.1, 0.15) is 5.82 Å². The van der Waals surface area contributed by atoms with Crippen LogP contribution in [0.2, 0.25) is 0 Å². The minimum atomic E-state index is -1.32. The summed E-state index contributed by atoms with van der Waals surface area (Å²) in [4.78, 5) is 30.5. The van der Waals surface area contributed by atoms with E-state index in [2.05, 4.69) is 10.3 Å². The SMILES string of the molecule is Cc1sc(NC(=O)C2(C)Cc3ccccc3C(=O)O2)nc1-c1ccc(F)cc1. The molecular weight excluding hydrogens is 379 g/mol. The molecule has 28 heavy (non-hydrogen) atoms. The van der Waals surface area contributed by atoms with Crippen molar-refractivity contribution in [1.29, 1.82) is 0 Å². The predicted octanol–water partition coefficient (Wildman–Crippen LogP) is 4.37. The third-order valence-electron chi connectivity index (χ3n) is 4.70. The molecule has 1 aromatic heterocycles. The van der Waals surface area contributed by atoms with E-state index >= 15 is 0 Å². The van der Waals surface area contributed by atoms with E-state index in [0.29, 0.717) is 16.4 Å². The molecule has 1 amide bonds. The standard InChI is InChI=1S/C21H17FN2O3S/c1-12-17(13-7-9-15(22)10-8-13)23-20(28-12)24-19(26)21(2)11-14-5-3-4-6-16(14)18(25)27-21/h3-10H,11H2,1-2H3,(H,23,24,26). The summed E-state index contributed by atoms with van der Waals surface area (Å²) in [7, 11) is 0. The highest BCUT2D eigenvalue weighted by atomic mass is 32.1. The zero-order chi connectivity index (χ0) is 19.9. The first kappa shape index (κ1) is 18.3. The summed E-state index contributed by atoms with van der Waals surface area (Å²) in [6, 6.07) is 13.1. The van der Waals surface area contributed by atoms with Gasteiger partial charge in [-0.2, -0.15) is 0 Å². The predicted molar refractivity (Wildman–Crippen MR) is 105 cm³/mol. The average Bonchev–Trinajstić information content (AvgIpc) is 3.02. The van der Waals surface area contributed by atoms with E-state index in [4.69, 9.17) is 4.74 Å². The maximum atomic E-state index is 13.1. The molecule has 142 valence electrons. The molecule has 0 aliphatic carbocycles. The van der Waals surface area contributed by atoms with Crippen molar-refractivity contribution < 1.29 is 18.7 Å². The monoisotopic (exact) mass is 396 g/mol. The quantitative estimate of drug-likeness (QED) is 0.668. The van der Waals surface area contributed by atoms with Crippen molar-refractivity contribution >= 4 is 28.3 Å². The van der Waals surface area contributed by atoms with Crippen LogP contribution in [0.4, 0.5) is 9.52 Å². The lowest BCUT2D eigenvalue weighted by atomic mass is 9.89. The smallest absolute Gasteiger partial charge is 0.339 e. The summed E-state index contributed by atoms with van der Waals surface area (Å²) in [5.74, 6) is -1.27. The third kappa shape index (κ3) is 3.29. The molecule has 1 unspecified atom stereocenters. The number of halogens is 1. The Bertz CT molecular complexity index is 1080. The number of cyclic esters (lactones) is 1. The van der Waals surface area contributed by atoms with Gasteiger partial charge in [-0.1, -0.05) is 18.2 Å². The van der Waals surface area contributed by atoms with Crippen LogP contribution in [0.15, 0.2) is 48.5 Å². The zero-order valence-electron chi connectivity index (χ0n) is 15.3. The van der Waals surface area contributed by atoms with Gasteiger partial charge in [0.15, 0.2) is 10.7 Å². The van der Waals surface area contributed by atoms with Crippen molar-refractivity contribution in [3.05, 3.63) is 70.4 Å². The van der Waals surface area contributed by atoms with Gasteiger partial charge in [-0.25, -0.2) is 14.2 Å². The molecular formula is C21H17FN2O3S. The number of esters is 1. The molecule has 0 bridgehead atoms. The number of thiazole rings is 1. The summed E-state index contributed by atoms with van der Waals surface area (Å²) < 4.78 is 18.6. The molecule has 0 spiro atoms. The number of aromatic nitrogens is 1. The number of aryl methyl sites for hydroxylation is 1. The third-order valence-corrected chi connectivity index (χ3v) is 5.58. The first-order valence-corrected chi connectivity index (χ1v) is 9.53. The number of rotatable bonds is 3. The Kier molecular flexibility index (Phi) is 4.47. The van der Waals surface area contributed by atoms with Gasteiger partial charge in [-0.3, -0.25) is 10.1 Å². The van der Waals surface area contributed by atoms with Crippen molar-refractivity contribution in [3.8, 4) is 11.3 Å². The summed E-state index contributed by atoms with van der Waals surface area (Å²) in [6.07, 6.45) is 0.288. The number of carbonyl (C=O) groups is 2. The molecule has 1 aliphatic heterocycles. The van der Waals surface area contributed by atoms with Crippen LogP contribution >= 0.6 is 11.3 Å². The minimum Gasteiger partial charge on any atom is -0.445 e. The van der Waals surface area contributed by atoms with Crippen molar-refractivity contribution in [2.24, 2.45) is 0 Å². The van der Waals surface area contributed by atoms with E-state index in [1.807, 2.05) is 19.1 Å². The van der Waals surface area contributed by atoms with Crippen molar-refractivity contribution in [2.75, 3.05) is 5.32 Å². The Morgan fingerprint density at radius 3 is 2.68 bits per heavy atom. The molecule has 3 aromatic rings. The lowest BCUT2D eigenvalue weighted by molar-refractivity contribution is -0.134. The number of amides is 1. The molecule has 4 rings (SSSR count). The van der Waals surface area contributed by atoms with E-state index in [9.17, 15) is 14.0 Å².